The molecule has 0 radical (unpaired) electrons. The summed E-state index contributed by atoms with van der Waals surface area (Å²) in [6.07, 6.45) is 6.47. The molecule has 2 heteroatoms. The highest BCUT2D eigenvalue weighted by Gasteiger charge is 2.30. The predicted octanol–water partition coefficient (Wildman–Crippen LogP) is 1.68. The molecule has 1 aliphatic rings. The smallest absolute Gasteiger partial charge is 0.352 e. The maximum atomic E-state index is 5.21. The maximum absolute atomic E-state index is 5.21. The van der Waals surface area contributed by atoms with E-state index in [9.17, 15) is 0 Å². The second kappa shape index (κ2) is 6.29. The van der Waals surface area contributed by atoms with Crippen molar-refractivity contribution in [2.45, 2.75) is 40.0 Å². The number of methoxy groups -OCH3 is 1. The third-order valence-corrected chi connectivity index (χ3v) is 6.87. The van der Waals surface area contributed by atoms with E-state index < -0.39 is 0 Å². The number of rotatable bonds is 3. The minimum atomic E-state index is 0.0370. The van der Waals surface area contributed by atoms with Gasteiger partial charge in [-0.1, -0.05) is 20.8 Å². The molecule has 0 fully saturated rings. The lowest BCUT2D eigenvalue weighted by Gasteiger charge is -2.31. The summed E-state index contributed by atoms with van der Waals surface area (Å²) >= 11 is 0.0370. The van der Waals surface area contributed by atoms with E-state index in [1.165, 1.54) is 22.8 Å². The molecule has 0 aliphatic heterocycles. The molecular weight excluding hydrogens is 347 g/mol. The van der Waals surface area contributed by atoms with Crippen molar-refractivity contribution in [3.63, 3.8) is 0 Å². The summed E-state index contributed by atoms with van der Waals surface area (Å²) in [4.78, 5) is 0. The van der Waals surface area contributed by atoms with Crippen LogP contribution in [-0.2, 0) is 0 Å². The van der Waals surface area contributed by atoms with Gasteiger partial charge in [-0.25, -0.2) is 0 Å². The number of hydrogen-bond acceptors (Lipinski definition) is 1. The van der Waals surface area contributed by atoms with E-state index in [0.717, 1.165) is 11.7 Å². The zero-order chi connectivity index (χ0) is 13.9. The molecule has 1 atom stereocenters. The van der Waals surface area contributed by atoms with E-state index in [4.69, 9.17) is 4.74 Å². The van der Waals surface area contributed by atoms with E-state index in [1.54, 1.807) is 10.7 Å². The van der Waals surface area contributed by atoms with Crippen LogP contribution in [0.15, 0.2) is 33.9 Å². The number of allylic oxidation sites excluding steroid dienone is 2. The van der Waals surface area contributed by atoms with Crippen LogP contribution in [-0.4, -0.2) is 7.11 Å². The van der Waals surface area contributed by atoms with Crippen LogP contribution < -0.4 is 25.9 Å². The van der Waals surface area contributed by atoms with Crippen molar-refractivity contribution >= 4 is 0 Å². The first kappa shape index (κ1) is 14.9. The standard InChI is InChI=1S/C17H24IO/c1-17(2,3)13-5-7-14(8-6-13)18-15-9-11-16(19-4)12-10-15/h7,9-13H,5-6,8H2,1-4H3/q+1. The molecule has 0 heterocycles. The van der Waals surface area contributed by atoms with Crippen molar-refractivity contribution in [1.29, 1.82) is 0 Å². The summed E-state index contributed by atoms with van der Waals surface area (Å²) in [6.45, 7) is 7.11. The van der Waals surface area contributed by atoms with Crippen LogP contribution in [0.25, 0.3) is 0 Å². The first-order valence-electron chi connectivity index (χ1n) is 6.97. The van der Waals surface area contributed by atoms with E-state index in [-0.39, 0.29) is 21.2 Å². The molecule has 19 heavy (non-hydrogen) atoms. The summed E-state index contributed by atoms with van der Waals surface area (Å²) in [6, 6.07) is 8.61. The normalized spacial score (nSPS) is 20.0. The Morgan fingerprint density at radius 2 is 1.84 bits per heavy atom. The highest BCUT2D eigenvalue weighted by atomic mass is 127. The molecule has 0 N–H and O–H groups in total. The Balaban J connectivity index is 1.95. The molecule has 104 valence electrons. The van der Waals surface area contributed by atoms with Crippen LogP contribution in [0.3, 0.4) is 0 Å². The molecular formula is C17H24IO+. The van der Waals surface area contributed by atoms with Gasteiger partial charge in [0.1, 0.15) is 5.75 Å². The fourth-order valence-electron chi connectivity index (χ4n) is 2.45. The lowest BCUT2D eigenvalue weighted by molar-refractivity contribution is -0.579. The second-order valence-corrected chi connectivity index (χ2v) is 9.41. The van der Waals surface area contributed by atoms with Crippen LogP contribution in [0, 0.1) is 14.9 Å². The van der Waals surface area contributed by atoms with Gasteiger partial charge in [0.05, 0.1) is 7.11 Å². The zero-order valence-electron chi connectivity index (χ0n) is 12.4. The molecule has 0 spiro atoms. The Morgan fingerprint density at radius 1 is 1.16 bits per heavy atom. The number of halogens is 1. The van der Waals surface area contributed by atoms with Gasteiger partial charge in [-0.15, -0.1) is 0 Å². The minimum absolute atomic E-state index is 0.0370. The Morgan fingerprint density at radius 3 is 2.32 bits per heavy atom. The number of ether oxygens (including phenoxy) is 1. The van der Waals surface area contributed by atoms with Crippen LogP contribution in [0.4, 0.5) is 0 Å². The van der Waals surface area contributed by atoms with E-state index in [2.05, 4.69) is 51.1 Å². The molecule has 1 aliphatic carbocycles. The zero-order valence-corrected chi connectivity index (χ0v) is 14.5. The molecule has 0 saturated carbocycles. The van der Waals surface area contributed by atoms with E-state index in [1.807, 2.05) is 0 Å². The third kappa shape index (κ3) is 4.23. The van der Waals surface area contributed by atoms with E-state index in [0.29, 0.717) is 5.41 Å². The molecule has 0 saturated heterocycles. The van der Waals surface area contributed by atoms with Crippen molar-refractivity contribution in [1.82, 2.24) is 0 Å². The Kier molecular flexibility index (Phi) is 4.93. The van der Waals surface area contributed by atoms with Crippen molar-refractivity contribution < 1.29 is 25.9 Å². The van der Waals surface area contributed by atoms with Gasteiger partial charge in [0.2, 0.25) is 0 Å². The molecule has 1 aromatic carbocycles. The Bertz CT molecular complexity index is 439. The van der Waals surface area contributed by atoms with Crippen LogP contribution >= 0.6 is 0 Å². The molecule has 0 amide bonds. The molecule has 0 aromatic heterocycles. The summed E-state index contributed by atoms with van der Waals surface area (Å²) < 4.78 is 8.42. The second-order valence-electron chi connectivity index (χ2n) is 6.24. The van der Waals surface area contributed by atoms with Gasteiger partial charge in [-0.3, -0.25) is 0 Å². The Labute approximate surface area is 127 Å². The van der Waals surface area contributed by atoms with Gasteiger partial charge in [0.15, 0.2) is 7.15 Å². The number of hydrogen-bond donors (Lipinski definition) is 0. The van der Waals surface area contributed by atoms with Gasteiger partial charge in [0, 0.05) is 6.42 Å². The topological polar surface area (TPSA) is 9.23 Å². The maximum Gasteiger partial charge on any atom is 0.352 e. The first-order valence-corrected chi connectivity index (χ1v) is 9.12. The van der Waals surface area contributed by atoms with Crippen molar-refractivity contribution in [2.75, 3.05) is 7.11 Å². The summed E-state index contributed by atoms with van der Waals surface area (Å²) in [5.41, 5.74) is 0.459. The molecule has 1 aromatic rings. The third-order valence-electron chi connectivity index (χ3n) is 3.86. The van der Waals surface area contributed by atoms with Crippen molar-refractivity contribution in [2.24, 2.45) is 11.3 Å². The number of benzene rings is 1. The van der Waals surface area contributed by atoms with E-state index >= 15 is 0 Å². The van der Waals surface area contributed by atoms with Gasteiger partial charge >= 0.3 is 21.2 Å². The van der Waals surface area contributed by atoms with Gasteiger partial charge in [-0.05, 0) is 54.5 Å². The minimum Gasteiger partial charge on any atom is -0.497 e. The molecule has 1 unspecified atom stereocenters. The van der Waals surface area contributed by atoms with Gasteiger partial charge in [-0.2, -0.15) is 0 Å². The average Bonchev–Trinajstić information content (AvgIpc) is 2.39. The predicted molar refractivity (Wildman–Crippen MR) is 76.6 cm³/mol. The first-order chi connectivity index (χ1) is 8.99. The SMILES string of the molecule is COc1ccc([I+]C2=CCC(C(C)(C)C)CC2)cc1. The molecule has 1 nitrogen and oxygen atoms in total. The van der Waals surface area contributed by atoms with Crippen molar-refractivity contribution in [3.8, 4) is 5.75 Å². The monoisotopic (exact) mass is 371 g/mol. The largest absolute Gasteiger partial charge is 0.497 e. The summed E-state index contributed by atoms with van der Waals surface area (Å²) in [7, 11) is 1.72. The highest BCUT2D eigenvalue weighted by Crippen LogP contribution is 2.35. The Hall–Kier alpha value is -0.510. The lowest BCUT2D eigenvalue weighted by Crippen LogP contribution is -3.61. The fourth-order valence-corrected chi connectivity index (χ4v) is 5.02. The molecule has 2 rings (SSSR count). The molecule has 0 bridgehead atoms. The van der Waals surface area contributed by atoms with Crippen LogP contribution in [0.2, 0.25) is 0 Å². The summed E-state index contributed by atoms with van der Waals surface area (Å²) in [5, 5.41) is 0. The average molecular weight is 371 g/mol. The highest BCUT2D eigenvalue weighted by molar-refractivity contribution is 5.20. The van der Waals surface area contributed by atoms with Gasteiger partial charge < -0.3 is 4.74 Å². The summed E-state index contributed by atoms with van der Waals surface area (Å²) in [5.74, 6) is 1.81. The lowest BCUT2D eigenvalue weighted by atomic mass is 9.74. The quantitative estimate of drug-likeness (QED) is 0.735. The fraction of sp³-hybridized carbons (Fsp3) is 0.529. The van der Waals surface area contributed by atoms with Crippen LogP contribution in [0.5, 0.6) is 5.75 Å². The van der Waals surface area contributed by atoms with Crippen molar-refractivity contribution in [3.05, 3.63) is 37.5 Å². The van der Waals surface area contributed by atoms with Crippen LogP contribution in [0.1, 0.15) is 40.0 Å². The van der Waals surface area contributed by atoms with Gasteiger partial charge in [0.25, 0.3) is 0 Å².